The molecule has 0 saturated carbocycles. The molecule has 2 heteroatoms. The standard InChI is InChI=1S/C10H13NO/c1-8(2)7-11-9-3-5-10(12)6-4-9/h3-8,12H,1-2H3. The molecule has 0 aromatic heterocycles. The molecule has 2 nitrogen and oxygen atoms in total. The van der Waals surface area contributed by atoms with Crippen LogP contribution < -0.4 is 0 Å². The highest BCUT2D eigenvalue weighted by molar-refractivity contribution is 5.65. The molecule has 0 unspecified atom stereocenters. The lowest BCUT2D eigenvalue weighted by molar-refractivity contribution is 0.475. The zero-order chi connectivity index (χ0) is 8.97. The van der Waals surface area contributed by atoms with Gasteiger partial charge < -0.3 is 5.11 Å². The van der Waals surface area contributed by atoms with Crippen molar-refractivity contribution in [3.63, 3.8) is 0 Å². The first-order chi connectivity index (χ1) is 5.68. The van der Waals surface area contributed by atoms with Crippen molar-refractivity contribution in [2.24, 2.45) is 10.9 Å². The van der Waals surface area contributed by atoms with Crippen molar-refractivity contribution in [3.8, 4) is 5.75 Å². The molecule has 0 amide bonds. The van der Waals surface area contributed by atoms with Gasteiger partial charge in [0.25, 0.3) is 0 Å². The van der Waals surface area contributed by atoms with E-state index in [1.54, 1.807) is 24.3 Å². The van der Waals surface area contributed by atoms with Gasteiger partial charge in [-0.05, 0) is 30.2 Å². The molecular weight excluding hydrogens is 150 g/mol. The Morgan fingerprint density at radius 3 is 2.33 bits per heavy atom. The van der Waals surface area contributed by atoms with Crippen molar-refractivity contribution in [3.05, 3.63) is 24.3 Å². The van der Waals surface area contributed by atoms with E-state index in [1.165, 1.54) is 0 Å². The number of phenolic OH excluding ortho intramolecular Hbond substituents is 1. The molecule has 1 rings (SSSR count). The van der Waals surface area contributed by atoms with E-state index in [0.29, 0.717) is 5.92 Å². The van der Waals surface area contributed by atoms with Gasteiger partial charge in [0, 0.05) is 6.21 Å². The normalized spacial score (nSPS) is 11.2. The van der Waals surface area contributed by atoms with E-state index < -0.39 is 0 Å². The highest BCUT2D eigenvalue weighted by Gasteiger charge is 1.89. The molecule has 0 bridgehead atoms. The van der Waals surface area contributed by atoms with Crippen LogP contribution in [0.1, 0.15) is 13.8 Å². The molecule has 64 valence electrons. The van der Waals surface area contributed by atoms with Gasteiger partial charge in [0.05, 0.1) is 5.69 Å². The Morgan fingerprint density at radius 1 is 1.25 bits per heavy atom. The summed E-state index contributed by atoms with van der Waals surface area (Å²) in [7, 11) is 0. The Kier molecular flexibility index (Phi) is 2.86. The van der Waals surface area contributed by atoms with Crippen molar-refractivity contribution in [1.29, 1.82) is 0 Å². The number of hydrogen-bond donors (Lipinski definition) is 1. The van der Waals surface area contributed by atoms with Crippen LogP contribution in [0.3, 0.4) is 0 Å². The molecule has 0 aliphatic heterocycles. The smallest absolute Gasteiger partial charge is 0.115 e. The topological polar surface area (TPSA) is 32.6 Å². The third-order valence-corrected chi connectivity index (χ3v) is 1.37. The predicted octanol–water partition coefficient (Wildman–Crippen LogP) is 2.75. The van der Waals surface area contributed by atoms with Crippen LogP contribution in [0.25, 0.3) is 0 Å². The minimum atomic E-state index is 0.276. The maximum Gasteiger partial charge on any atom is 0.115 e. The van der Waals surface area contributed by atoms with E-state index in [4.69, 9.17) is 5.11 Å². The summed E-state index contributed by atoms with van der Waals surface area (Å²) >= 11 is 0. The molecule has 12 heavy (non-hydrogen) atoms. The second kappa shape index (κ2) is 3.90. The molecule has 0 spiro atoms. The molecule has 0 atom stereocenters. The second-order valence-corrected chi connectivity index (χ2v) is 3.04. The van der Waals surface area contributed by atoms with Gasteiger partial charge in [0.15, 0.2) is 0 Å². The van der Waals surface area contributed by atoms with Gasteiger partial charge in [-0.3, -0.25) is 4.99 Å². The summed E-state index contributed by atoms with van der Waals surface area (Å²) in [5, 5.41) is 8.98. The van der Waals surface area contributed by atoms with E-state index in [2.05, 4.69) is 18.8 Å². The Morgan fingerprint density at radius 2 is 1.83 bits per heavy atom. The van der Waals surface area contributed by atoms with Crippen LogP contribution in [-0.2, 0) is 0 Å². The van der Waals surface area contributed by atoms with Crippen molar-refractivity contribution >= 4 is 11.9 Å². The minimum absolute atomic E-state index is 0.276. The third kappa shape index (κ3) is 2.74. The molecular formula is C10H13NO. The average molecular weight is 163 g/mol. The van der Waals surface area contributed by atoms with Crippen LogP contribution in [-0.4, -0.2) is 11.3 Å². The highest BCUT2D eigenvalue weighted by atomic mass is 16.3. The molecule has 1 aromatic carbocycles. The summed E-state index contributed by atoms with van der Waals surface area (Å²) in [6.45, 7) is 4.15. The van der Waals surface area contributed by atoms with E-state index in [1.807, 2.05) is 6.21 Å². The monoisotopic (exact) mass is 163 g/mol. The van der Waals surface area contributed by atoms with Gasteiger partial charge in [-0.2, -0.15) is 0 Å². The van der Waals surface area contributed by atoms with Crippen molar-refractivity contribution in [2.75, 3.05) is 0 Å². The quantitative estimate of drug-likeness (QED) is 0.668. The predicted molar refractivity (Wildman–Crippen MR) is 51.1 cm³/mol. The van der Waals surface area contributed by atoms with Gasteiger partial charge in [-0.15, -0.1) is 0 Å². The second-order valence-electron chi connectivity index (χ2n) is 3.04. The fraction of sp³-hybridized carbons (Fsp3) is 0.300. The summed E-state index contributed by atoms with van der Waals surface area (Å²) in [4.78, 5) is 4.21. The Labute approximate surface area is 72.6 Å². The van der Waals surface area contributed by atoms with Crippen molar-refractivity contribution in [1.82, 2.24) is 0 Å². The maximum absolute atomic E-state index is 8.98. The van der Waals surface area contributed by atoms with Crippen molar-refractivity contribution in [2.45, 2.75) is 13.8 Å². The van der Waals surface area contributed by atoms with Gasteiger partial charge in [0.1, 0.15) is 5.75 Å². The molecule has 0 aliphatic rings. The van der Waals surface area contributed by atoms with Crippen molar-refractivity contribution < 1.29 is 5.11 Å². The van der Waals surface area contributed by atoms with E-state index >= 15 is 0 Å². The first-order valence-corrected chi connectivity index (χ1v) is 4.01. The summed E-state index contributed by atoms with van der Waals surface area (Å²) in [6.07, 6.45) is 1.88. The zero-order valence-corrected chi connectivity index (χ0v) is 7.36. The van der Waals surface area contributed by atoms with Crippen LogP contribution in [0, 0.1) is 5.92 Å². The molecule has 1 N–H and O–H groups in total. The van der Waals surface area contributed by atoms with Gasteiger partial charge in [-0.25, -0.2) is 0 Å². The number of phenols is 1. The number of hydrogen-bond acceptors (Lipinski definition) is 2. The van der Waals surface area contributed by atoms with Crippen LogP contribution >= 0.6 is 0 Å². The van der Waals surface area contributed by atoms with E-state index in [-0.39, 0.29) is 5.75 Å². The van der Waals surface area contributed by atoms with Crippen LogP contribution in [0.2, 0.25) is 0 Å². The van der Waals surface area contributed by atoms with E-state index in [9.17, 15) is 0 Å². The minimum Gasteiger partial charge on any atom is -0.508 e. The van der Waals surface area contributed by atoms with Gasteiger partial charge in [0.2, 0.25) is 0 Å². The fourth-order valence-corrected chi connectivity index (χ4v) is 0.774. The molecule has 0 fully saturated rings. The first-order valence-electron chi connectivity index (χ1n) is 4.01. The summed E-state index contributed by atoms with van der Waals surface area (Å²) in [6, 6.07) is 6.84. The van der Waals surface area contributed by atoms with Crippen LogP contribution in [0.15, 0.2) is 29.3 Å². The van der Waals surface area contributed by atoms with Crippen LogP contribution in [0.5, 0.6) is 5.75 Å². The summed E-state index contributed by atoms with van der Waals surface area (Å²) in [5.74, 6) is 0.734. The largest absolute Gasteiger partial charge is 0.508 e. The van der Waals surface area contributed by atoms with Crippen LogP contribution in [0.4, 0.5) is 5.69 Å². The molecule has 0 heterocycles. The number of benzene rings is 1. The zero-order valence-electron chi connectivity index (χ0n) is 7.36. The number of nitrogens with zero attached hydrogens (tertiary/aromatic N) is 1. The lowest BCUT2D eigenvalue weighted by Gasteiger charge is -1.95. The van der Waals surface area contributed by atoms with Gasteiger partial charge >= 0.3 is 0 Å². The summed E-state index contributed by atoms with van der Waals surface area (Å²) < 4.78 is 0. The Balaban J connectivity index is 2.71. The number of aliphatic imine (C=N–C) groups is 1. The lowest BCUT2D eigenvalue weighted by atomic mass is 10.2. The number of rotatable bonds is 2. The van der Waals surface area contributed by atoms with E-state index in [0.717, 1.165) is 5.69 Å². The molecule has 0 aliphatic carbocycles. The SMILES string of the molecule is CC(C)C=Nc1ccc(O)cc1. The molecule has 0 radical (unpaired) electrons. The fourth-order valence-electron chi connectivity index (χ4n) is 0.774. The maximum atomic E-state index is 8.98. The summed E-state index contributed by atoms with van der Waals surface area (Å²) in [5.41, 5.74) is 0.876. The molecule has 1 aromatic rings. The Hall–Kier alpha value is -1.31. The first kappa shape index (κ1) is 8.78. The Bertz CT molecular complexity index is 262. The number of aromatic hydroxyl groups is 1. The average Bonchev–Trinajstić information content (AvgIpc) is 2.03. The lowest BCUT2D eigenvalue weighted by Crippen LogP contribution is -1.85. The highest BCUT2D eigenvalue weighted by Crippen LogP contribution is 2.16. The molecule has 0 saturated heterocycles. The van der Waals surface area contributed by atoms with Gasteiger partial charge in [-0.1, -0.05) is 13.8 Å². The third-order valence-electron chi connectivity index (χ3n) is 1.37.